The molecule has 0 amide bonds. The summed E-state index contributed by atoms with van der Waals surface area (Å²) in [6.45, 7) is 1.96. The number of hydrogen-bond acceptors (Lipinski definition) is 2. The maximum absolute atomic E-state index is 11.4. The Bertz CT molecular complexity index is 181. The van der Waals surface area contributed by atoms with Crippen LogP contribution in [-0.4, -0.2) is 19.0 Å². The van der Waals surface area contributed by atoms with Crippen molar-refractivity contribution in [3.05, 3.63) is 0 Å². The highest BCUT2D eigenvalue weighted by atomic mass is 35.5. The number of methoxy groups -OCH3 is 1. The molecule has 3 heteroatoms. The minimum absolute atomic E-state index is 0.106. The van der Waals surface area contributed by atoms with Crippen LogP contribution in [0.5, 0.6) is 0 Å². The molecule has 0 aliphatic heterocycles. The lowest BCUT2D eigenvalue weighted by Crippen LogP contribution is -2.33. The molecule has 0 heterocycles. The van der Waals surface area contributed by atoms with Crippen molar-refractivity contribution in [3.8, 4) is 0 Å². The first-order valence-electron chi connectivity index (χ1n) is 4.29. The highest BCUT2D eigenvalue weighted by Crippen LogP contribution is 2.44. The Balaban J connectivity index is 2.74. The zero-order chi connectivity index (χ0) is 9.19. The number of hydrogen-bond donors (Lipinski definition) is 0. The molecule has 2 unspecified atom stereocenters. The predicted molar refractivity (Wildman–Crippen MR) is 48.2 cm³/mol. The number of esters is 1. The van der Waals surface area contributed by atoms with E-state index < -0.39 is 0 Å². The molecule has 0 aromatic rings. The van der Waals surface area contributed by atoms with E-state index in [0.717, 1.165) is 19.3 Å². The summed E-state index contributed by atoms with van der Waals surface area (Å²) >= 11 is 5.79. The molecule has 0 saturated heterocycles. The number of halogens is 1. The van der Waals surface area contributed by atoms with Gasteiger partial charge >= 0.3 is 5.97 Å². The Morgan fingerprint density at radius 1 is 1.75 bits per heavy atom. The zero-order valence-corrected chi connectivity index (χ0v) is 8.36. The molecule has 1 rings (SSSR count). The van der Waals surface area contributed by atoms with Gasteiger partial charge in [0.1, 0.15) is 0 Å². The Labute approximate surface area is 78.2 Å². The van der Waals surface area contributed by atoms with Crippen molar-refractivity contribution < 1.29 is 9.53 Å². The van der Waals surface area contributed by atoms with Crippen molar-refractivity contribution >= 4 is 17.6 Å². The lowest BCUT2D eigenvalue weighted by atomic mass is 9.81. The number of alkyl halides is 1. The summed E-state index contributed by atoms with van der Waals surface area (Å²) in [5, 5.41) is 0. The second-order valence-electron chi connectivity index (χ2n) is 3.65. The topological polar surface area (TPSA) is 26.3 Å². The summed E-state index contributed by atoms with van der Waals surface area (Å²) < 4.78 is 4.77. The standard InChI is InChI=1S/C9H15ClO2/c1-9(8(11)12-2)5-3-4-7(9)6-10/h7H,3-6H2,1-2H3. The van der Waals surface area contributed by atoms with E-state index in [1.54, 1.807) is 0 Å². The smallest absolute Gasteiger partial charge is 0.311 e. The van der Waals surface area contributed by atoms with E-state index in [-0.39, 0.29) is 11.4 Å². The molecule has 1 aliphatic carbocycles. The SMILES string of the molecule is COC(=O)C1(C)CCCC1CCl. The molecule has 0 spiro atoms. The molecule has 0 bridgehead atoms. The van der Waals surface area contributed by atoms with Gasteiger partial charge in [-0.05, 0) is 25.7 Å². The minimum Gasteiger partial charge on any atom is -0.469 e. The first kappa shape index (κ1) is 9.85. The normalized spacial score (nSPS) is 35.1. The monoisotopic (exact) mass is 190 g/mol. The summed E-state index contributed by atoms with van der Waals surface area (Å²) in [4.78, 5) is 11.4. The van der Waals surface area contributed by atoms with Crippen LogP contribution in [0.3, 0.4) is 0 Å². The van der Waals surface area contributed by atoms with Gasteiger partial charge in [-0.15, -0.1) is 11.6 Å². The maximum atomic E-state index is 11.4. The molecule has 1 aliphatic rings. The third-order valence-electron chi connectivity index (χ3n) is 2.99. The third-order valence-corrected chi connectivity index (χ3v) is 3.36. The van der Waals surface area contributed by atoms with Crippen molar-refractivity contribution in [1.29, 1.82) is 0 Å². The van der Waals surface area contributed by atoms with Gasteiger partial charge in [0.25, 0.3) is 0 Å². The fraction of sp³-hybridized carbons (Fsp3) is 0.889. The first-order chi connectivity index (χ1) is 5.65. The summed E-state index contributed by atoms with van der Waals surface area (Å²) in [6, 6.07) is 0. The van der Waals surface area contributed by atoms with E-state index in [0.29, 0.717) is 11.8 Å². The van der Waals surface area contributed by atoms with Crippen LogP contribution in [0.15, 0.2) is 0 Å². The van der Waals surface area contributed by atoms with E-state index in [1.807, 2.05) is 6.92 Å². The van der Waals surface area contributed by atoms with Crippen LogP contribution in [0, 0.1) is 11.3 Å². The molecule has 1 fully saturated rings. The summed E-state index contributed by atoms with van der Waals surface area (Å²) in [5.41, 5.74) is -0.323. The van der Waals surface area contributed by atoms with Crippen molar-refractivity contribution in [1.82, 2.24) is 0 Å². The molecule has 2 atom stereocenters. The second kappa shape index (κ2) is 3.65. The highest BCUT2D eigenvalue weighted by Gasteiger charge is 2.45. The zero-order valence-electron chi connectivity index (χ0n) is 7.60. The Morgan fingerprint density at radius 3 is 2.92 bits per heavy atom. The highest BCUT2D eigenvalue weighted by molar-refractivity contribution is 6.18. The molecule has 0 aromatic carbocycles. The average Bonchev–Trinajstić information content (AvgIpc) is 2.46. The van der Waals surface area contributed by atoms with Gasteiger partial charge in [-0.2, -0.15) is 0 Å². The molecule has 0 N–H and O–H groups in total. The van der Waals surface area contributed by atoms with Crippen molar-refractivity contribution in [3.63, 3.8) is 0 Å². The van der Waals surface area contributed by atoms with Crippen LogP contribution >= 0.6 is 11.6 Å². The van der Waals surface area contributed by atoms with Crippen molar-refractivity contribution in [2.75, 3.05) is 13.0 Å². The maximum Gasteiger partial charge on any atom is 0.311 e. The fourth-order valence-corrected chi connectivity index (χ4v) is 2.48. The van der Waals surface area contributed by atoms with E-state index in [4.69, 9.17) is 16.3 Å². The van der Waals surface area contributed by atoms with E-state index in [2.05, 4.69) is 0 Å². The predicted octanol–water partition coefficient (Wildman–Crippen LogP) is 2.20. The molecule has 1 saturated carbocycles. The summed E-state index contributed by atoms with van der Waals surface area (Å²) in [7, 11) is 1.44. The Kier molecular flexibility index (Phi) is 2.99. The first-order valence-corrected chi connectivity index (χ1v) is 4.83. The summed E-state index contributed by atoms with van der Waals surface area (Å²) in [6.07, 6.45) is 3.05. The quantitative estimate of drug-likeness (QED) is 0.493. The van der Waals surface area contributed by atoms with E-state index >= 15 is 0 Å². The lowest BCUT2D eigenvalue weighted by molar-refractivity contribution is -0.153. The Hall–Kier alpha value is -0.240. The van der Waals surface area contributed by atoms with E-state index in [1.165, 1.54) is 7.11 Å². The molecule has 0 aromatic heterocycles. The third kappa shape index (κ3) is 1.45. The van der Waals surface area contributed by atoms with Crippen LogP contribution in [-0.2, 0) is 9.53 Å². The van der Waals surface area contributed by atoms with Gasteiger partial charge in [0, 0.05) is 5.88 Å². The van der Waals surface area contributed by atoms with Gasteiger partial charge in [-0.3, -0.25) is 4.79 Å². The van der Waals surface area contributed by atoms with Gasteiger partial charge < -0.3 is 4.74 Å². The number of ether oxygens (including phenoxy) is 1. The molecule has 70 valence electrons. The molecule has 2 nitrogen and oxygen atoms in total. The number of carbonyl (C=O) groups is 1. The van der Waals surface area contributed by atoms with Crippen LogP contribution in [0.4, 0.5) is 0 Å². The molecule has 0 radical (unpaired) electrons. The van der Waals surface area contributed by atoms with E-state index in [9.17, 15) is 4.79 Å². The van der Waals surface area contributed by atoms with Gasteiger partial charge in [0.05, 0.1) is 12.5 Å². The van der Waals surface area contributed by atoms with Crippen molar-refractivity contribution in [2.45, 2.75) is 26.2 Å². The van der Waals surface area contributed by atoms with Gasteiger partial charge in [0.2, 0.25) is 0 Å². The lowest BCUT2D eigenvalue weighted by Gasteiger charge is -2.26. The van der Waals surface area contributed by atoms with Crippen LogP contribution < -0.4 is 0 Å². The van der Waals surface area contributed by atoms with Gasteiger partial charge in [-0.25, -0.2) is 0 Å². The minimum atomic E-state index is -0.323. The largest absolute Gasteiger partial charge is 0.469 e. The molecular weight excluding hydrogens is 176 g/mol. The summed E-state index contributed by atoms with van der Waals surface area (Å²) in [5.74, 6) is 0.753. The van der Waals surface area contributed by atoms with Gasteiger partial charge in [0.15, 0.2) is 0 Å². The Morgan fingerprint density at radius 2 is 2.42 bits per heavy atom. The fourth-order valence-electron chi connectivity index (χ4n) is 1.99. The van der Waals surface area contributed by atoms with Crippen molar-refractivity contribution in [2.24, 2.45) is 11.3 Å². The van der Waals surface area contributed by atoms with Crippen LogP contribution in [0.1, 0.15) is 26.2 Å². The van der Waals surface area contributed by atoms with Crippen LogP contribution in [0.2, 0.25) is 0 Å². The number of rotatable bonds is 2. The van der Waals surface area contributed by atoms with Gasteiger partial charge in [-0.1, -0.05) is 6.42 Å². The average molecular weight is 191 g/mol. The molecule has 12 heavy (non-hydrogen) atoms. The number of carbonyl (C=O) groups excluding carboxylic acids is 1. The second-order valence-corrected chi connectivity index (χ2v) is 3.96. The van der Waals surface area contributed by atoms with Crippen LogP contribution in [0.25, 0.3) is 0 Å². The molecular formula is C9H15ClO2.